The molecule has 0 aliphatic carbocycles. The minimum Gasteiger partial charge on any atom is -0.464 e. The predicted molar refractivity (Wildman–Crippen MR) is 75.5 cm³/mol. The molecule has 5 heteroatoms. The van der Waals surface area contributed by atoms with E-state index < -0.39 is 16.0 Å². The average Bonchev–Trinajstić information content (AvgIpc) is 2.24. The van der Waals surface area contributed by atoms with Crippen LogP contribution in [0.4, 0.5) is 0 Å². The summed E-state index contributed by atoms with van der Waals surface area (Å²) in [4.78, 5) is 15.4. The molecule has 0 amide bonds. The van der Waals surface area contributed by atoms with E-state index in [2.05, 4.69) is 55.6 Å². The Labute approximate surface area is 111 Å². The Bertz CT molecular complexity index is 497. The molecule has 17 heavy (non-hydrogen) atoms. The maximum Gasteiger partial charge on any atom is 0.357 e. The van der Waals surface area contributed by atoms with Crippen LogP contribution in [0.3, 0.4) is 0 Å². The maximum atomic E-state index is 11.3. The van der Waals surface area contributed by atoms with Crippen molar-refractivity contribution >= 4 is 31.9 Å². The third-order valence-corrected chi connectivity index (χ3v) is 3.04. The third-order valence-electron chi connectivity index (χ3n) is 1.72. The SMILES string of the molecule is COC(=O)c1ncc(C#CS(C)(C)C)cc1Br. The lowest BCUT2D eigenvalue weighted by atomic mass is 10.2. The zero-order valence-corrected chi connectivity index (χ0v) is 12.6. The smallest absolute Gasteiger partial charge is 0.357 e. The topological polar surface area (TPSA) is 39.2 Å². The highest BCUT2D eigenvalue weighted by Crippen LogP contribution is 2.32. The van der Waals surface area contributed by atoms with Gasteiger partial charge in [-0.25, -0.2) is 9.78 Å². The van der Waals surface area contributed by atoms with Gasteiger partial charge in [-0.15, -0.1) is 0 Å². The molecular formula is C12H14BrNO2S. The number of carbonyl (C=O) groups excluding carboxylic acids is 1. The summed E-state index contributed by atoms with van der Waals surface area (Å²) in [5.41, 5.74) is 1.05. The van der Waals surface area contributed by atoms with Gasteiger partial charge < -0.3 is 4.74 Å². The number of ether oxygens (including phenoxy) is 1. The number of rotatable bonds is 1. The zero-order chi connectivity index (χ0) is 13.1. The van der Waals surface area contributed by atoms with Crippen LogP contribution in [0.25, 0.3) is 0 Å². The molecule has 0 aliphatic heterocycles. The minimum absolute atomic E-state index is 0.265. The third kappa shape index (κ3) is 4.41. The summed E-state index contributed by atoms with van der Waals surface area (Å²) in [6, 6.07) is 1.78. The number of methoxy groups -OCH3 is 1. The van der Waals surface area contributed by atoms with Crippen LogP contribution in [-0.4, -0.2) is 36.8 Å². The van der Waals surface area contributed by atoms with Gasteiger partial charge in [0, 0.05) is 11.8 Å². The van der Waals surface area contributed by atoms with Crippen LogP contribution < -0.4 is 0 Å². The Morgan fingerprint density at radius 2 is 2.12 bits per heavy atom. The fourth-order valence-electron chi connectivity index (χ4n) is 0.965. The number of carbonyl (C=O) groups is 1. The lowest BCUT2D eigenvalue weighted by Gasteiger charge is -2.14. The first kappa shape index (κ1) is 14.1. The van der Waals surface area contributed by atoms with Gasteiger partial charge in [-0.2, -0.15) is 10.0 Å². The summed E-state index contributed by atoms with van der Waals surface area (Å²) in [6.07, 6.45) is 7.93. The van der Waals surface area contributed by atoms with E-state index >= 15 is 0 Å². The second-order valence-corrected chi connectivity index (χ2v) is 8.84. The van der Waals surface area contributed by atoms with Crippen molar-refractivity contribution < 1.29 is 9.53 Å². The molecule has 3 nitrogen and oxygen atoms in total. The van der Waals surface area contributed by atoms with Crippen molar-refractivity contribution in [2.24, 2.45) is 0 Å². The molecule has 1 rings (SSSR count). The molecule has 0 aromatic carbocycles. The lowest BCUT2D eigenvalue weighted by molar-refractivity contribution is 0.0593. The number of hydrogen-bond acceptors (Lipinski definition) is 3. The molecule has 0 atom stereocenters. The van der Waals surface area contributed by atoms with E-state index in [0.29, 0.717) is 4.47 Å². The van der Waals surface area contributed by atoms with E-state index in [1.807, 2.05) is 0 Å². The number of hydrogen-bond donors (Lipinski definition) is 0. The van der Waals surface area contributed by atoms with Gasteiger partial charge in [0.1, 0.15) is 0 Å². The summed E-state index contributed by atoms with van der Waals surface area (Å²) < 4.78 is 5.21. The fourth-order valence-corrected chi connectivity index (χ4v) is 1.90. The van der Waals surface area contributed by atoms with E-state index in [1.165, 1.54) is 7.11 Å². The summed E-state index contributed by atoms with van der Waals surface area (Å²) in [5.74, 6) is 2.59. The number of halogens is 1. The molecule has 1 heterocycles. The number of esters is 1. The van der Waals surface area contributed by atoms with Crippen molar-refractivity contribution in [3.05, 3.63) is 28.0 Å². The van der Waals surface area contributed by atoms with Gasteiger partial charge in [0.25, 0.3) is 0 Å². The lowest BCUT2D eigenvalue weighted by Crippen LogP contribution is -2.05. The first-order valence-electron chi connectivity index (χ1n) is 4.78. The van der Waals surface area contributed by atoms with Crippen LogP contribution in [0.15, 0.2) is 16.7 Å². The van der Waals surface area contributed by atoms with Crippen molar-refractivity contribution in [2.75, 3.05) is 25.9 Å². The Balaban J connectivity index is 3.04. The summed E-state index contributed by atoms with van der Waals surface area (Å²) >= 11 is 3.28. The summed E-state index contributed by atoms with van der Waals surface area (Å²) in [7, 11) is 0.464. The Hall–Kier alpha value is -0.990. The molecule has 0 fully saturated rings. The van der Waals surface area contributed by atoms with Crippen molar-refractivity contribution in [3.63, 3.8) is 0 Å². The maximum absolute atomic E-state index is 11.3. The van der Waals surface area contributed by atoms with E-state index in [9.17, 15) is 4.79 Å². The number of nitrogens with zero attached hydrogens (tertiary/aromatic N) is 1. The van der Waals surface area contributed by atoms with Crippen molar-refractivity contribution in [2.45, 2.75) is 0 Å². The summed E-state index contributed by atoms with van der Waals surface area (Å²) in [6.45, 7) is 0. The fraction of sp³-hybridized carbons (Fsp3) is 0.333. The van der Waals surface area contributed by atoms with Crippen molar-refractivity contribution in [3.8, 4) is 11.2 Å². The second kappa shape index (κ2) is 5.56. The molecule has 0 N–H and O–H groups in total. The zero-order valence-electron chi connectivity index (χ0n) is 10.2. The number of aromatic nitrogens is 1. The largest absolute Gasteiger partial charge is 0.464 e. The standard InChI is InChI=1S/C12H14BrNO2S/c1-16-12(15)11-10(13)7-9(8-14-11)5-6-17(2,3)4/h7-8H,1-4H3. The van der Waals surface area contributed by atoms with Gasteiger partial charge in [0.2, 0.25) is 0 Å². The molecule has 92 valence electrons. The van der Waals surface area contributed by atoms with Crippen LogP contribution in [0, 0.1) is 11.2 Å². The molecule has 0 spiro atoms. The van der Waals surface area contributed by atoms with E-state index in [1.54, 1.807) is 12.3 Å². The van der Waals surface area contributed by atoms with Crippen LogP contribution in [0.5, 0.6) is 0 Å². The van der Waals surface area contributed by atoms with Gasteiger partial charge in [-0.3, -0.25) is 0 Å². The monoisotopic (exact) mass is 315 g/mol. The highest BCUT2D eigenvalue weighted by atomic mass is 79.9. The van der Waals surface area contributed by atoms with Crippen LogP contribution in [-0.2, 0) is 4.74 Å². The molecule has 0 saturated carbocycles. The van der Waals surface area contributed by atoms with Crippen LogP contribution in [0.1, 0.15) is 16.1 Å². The van der Waals surface area contributed by atoms with Crippen LogP contribution in [0.2, 0.25) is 0 Å². The Kier molecular flexibility index (Phi) is 4.61. The van der Waals surface area contributed by atoms with Gasteiger partial charge in [-0.1, -0.05) is 5.92 Å². The van der Waals surface area contributed by atoms with Gasteiger partial charge >= 0.3 is 5.97 Å². The van der Waals surface area contributed by atoms with Crippen molar-refractivity contribution in [1.29, 1.82) is 0 Å². The first-order chi connectivity index (χ1) is 7.83. The van der Waals surface area contributed by atoms with Gasteiger partial charge in [-0.05, 0) is 46.0 Å². The molecule has 0 unspecified atom stereocenters. The normalized spacial score (nSPS) is 11.4. The second-order valence-electron chi connectivity index (χ2n) is 4.11. The van der Waals surface area contributed by atoms with E-state index in [4.69, 9.17) is 0 Å². The van der Waals surface area contributed by atoms with E-state index in [-0.39, 0.29) is 5.69 Å². The molecular weight excluding hydrogens is 302 g/mol. The molecule has 0 aliphatic rings. The highest BCUT2D eigenvalue weighted by Gasteiger charge is 2.11. The molecule has 1 aromatic heterocycles. The predicted octanol–water partition coefficient (Wildman–Crippen LogP) is 2.63. The average molecular weight is 316 g/mol. The highest BCUT2D eigenvalue weighted by molar-refractivity contribution is 9.10. The van der Waals surface area contributed by atoms with Gasteiger partial charge in [0.05, 0.1) is 11.6 Å². The van der Waals surface area contributed by atoms with Crippen molar-refractivity contribution in [1.82, 2.24) is 4.98 Å². The Morgan fingerprint density at radius 1 is 1.47 bits per heavy atom. The Morgan fingerprint density at radius 3 is 2.59 bits per heavy atom. The summed E-state index contributed by atoms with van der Waals surface area (Å²) in [5, 5.41) is 3.18. The van der Waals surface area contributed by atoms with E-state index in [0.717, 1.165) is 5.56 Å². The van der Waals surface area contributed by atoms with Crippen LogP contribution >= 0.6 is 26.0 Å². The molecule has 0 radical (unpaired) electrons. The molecule has 1 aromatic rings. The first-order valence-corrected chi connectivity index (χ1v) is 8.43. The van der Waals surface area contributed by atoms with Gasteiger partial charge in [0.15, 0.2) is 5.69 Å². The minimum atomic E-state index is -0.862. The molecule has 0 bridgehead atoms. The quantitative estimate of drug-likeness (QED) is 0.591. The number of pyridine rings is 1. The molecule has 0 saturated heterocycles.